The van der Waals surface area contributed by atoms with Crippen molar-refractivity contribution >= 4 is 18.0 Å². The van der Waals surface area contributed by atoms with E-state index in [0.717, 1.165) is 11.1 Å². The molecule has 0 atom stereocenters. The van der Waals surface area contributed by atoms with Gasteiger partial charge in [-0.1, -0.05) is 48.5 Å². The number of carbonyl (C=O) groups excluding carboxylic acids is 2. The van der Waals surface area contributed by atoms with E-state index in [1.807, 2.05) is 24.3 Å². The Morgan fingerprint density at radius 3 is 2.17 bits per heavy atom. The van der Waals surface area contributed by atoms with Crippen LogP contribution in [-0.4, -0.2) is 65.4 Å². The highest BCUT2D eigenvalue weighted by molar-refractivity contribution is 5.81. The van der Waals surface area contributed by atoms with Crippen LogP contribution in [0.25, 0.3) is 11.1 Å². The zero-order valence-electron chi connectivity index (χ0n) is 20.3. The number of amides is 2. The molecule has 3 aliphatic heterocycles. The van der Waals surface area contributed by atoms with Crippen LogP contribution in [0.15, 0.2) is 48.5 Å². The highest BCUT2D eigenvalue weighted by Crippen LogP contribution is 2.69. The third kappa shape index (κ3) is 3.27. The lowest BCUT2D eigenvalue weighted by Crippen LogP contribution is -2.59. The molecule has 8 heteroatoms. The second-order valence-corrected chi connectivity index (χ2v) is 10.7. The van der Waals surface area contributed by atoms with Crippen LogP contribution in [0.3, 0.4) is 0 Å². The molecule has 1 saturated carbocycles. The molecule has 2 bridgehead atoms. The molecule has 4 fully saturated rings. The highest BCUT2D eigenvalue weighted by atomic mass is 16.6. The lowest BCUT2D eigenvalue weighted by Gasteiger charge is -2.47. The van der Waals surface area contributed by atoms with Gasteiger partial charge in [0.05, 0.1) is 11.2 Å². The second kappa shape index (κ2) is 8.06. The first-order valence-corrected chi connectivity index (χ1v) is 12.6. The van der Waals surface area contributed by atoms with E-state index in [1.165, 1.54) is 18.1 Å². The van der Waals surface area contributed by atoms with Gasteiger partial charge in [-0.3, -0.25) is 9.59 Å². The Kier molecular flexibility index (Phi) is 5.16. The predicted octanol–water partition coefficient (Wildman–Crippen LogP) is 3.54. The first kappa shape index (κ1) is 23.0. The maximum Gasteiger partial charge on any atom is 0.409 e. The summed E-state index contributed by atoms with van der Waals surface area (Å²) in [6, 6.07) is 16.4. The molecule has 2 aromatic rings. The molecule has 2 aromatic carbocycles. The molecule has 0 radical (unpaired) electrons. The molecule has 188 valence electrons. The molecule has 8 nitrogen and oxygen atoms in total. The molecule has 2 aliphatic carbocycles. The van der Waals surface area contributed by atoms with Gasteiger partial charge in [0, 0.05) is 32.5 Å². The first-order valence-electron chi connectivity index (χ1n) is 12.6. The summed E-state index contributed by atoms with van der Waals surface area (Å²) in [5.41, 5.74) is 2.27. The minimum atomic E-state index is -0.960. The van der Waals surface area contributed by atoms with Crippen LogP contribution in [0.5, 0.6) is 0 Å². The monoisotopic (exact) mass is 490 g/mol. The molecule has 1 spiro atoms. The zero-order chi connectivity index (χ0) is 25.1. The Morgan fingerprint density at radius 2 is 1.61 bits per heavy atom. The molecule has 0 aromatic heterocycles. The molecule has 36 heavy (non-hydrogen) atoms. The second-order valence-electron chi connectivity index (χ2n) is 10.7. The third-order valence-electron chi connectivity index (χ3n) is 8.77. The van der Waals surface area contributed by atoms with Gasteiger partial charge in [0.2, 0.25) is 5.91 Å². The van der Waals surface area contributed by atoms with Crippen molar-refractivity contribution in [1.82, 2.24) is 10.2 Å². The number of carbonyl (C=O) groups is 3. The third-order valence-corrected chi connectivity index (χ3v) is 8.77. The zero-order valence-corrected chi connectivity index (χ0v) is 20.3. The SMILES string of the molecule is CC(=O)NCC12CC(C(=O)O)(C1)C1(CCN(C(=O)OCC3c4ccccc4-c4ccccc43)CC1)O2. The lowest BCUT2D eigenvalue weighted by atomic mass is 9.54. The van der Waals surface area contributed by atoms with Crippen molar-refractivity contribution in [2.45, 2.75) is 49.7 Å². The summed E-state index contributed by atoms with van der Waals surface area (Å²) < 4.78 is 12.2. The molecular formula is C28H30N2O6. The van der Waals surface area contributed by atoms with Crippen LogP contribution in [0, 0.1) is 5.41 Å². The number of benzene rings is 2. The molecule has 2 amide bonds. The summed E-state index contributed by atoms with van der Waals surface area (Å²) in [6.07, 6.45) is 1.27. The molecule has 5 aliphatic rings. The number of ether oxygens (including phenoxy) is 2. The van der Waals surface area contributed by atoms with Gasteiger partial charge in [0.15, 0.2) is 0 Å². The van der Waals surface area contributed by atoms with Gasteiger partial charge in [-0.05, 0) is 47.9 Å². The minimum absolute atomic E-state index is 0.00761. The van der Waals surface area contributed by atoms with Gasteiger partial charge in [0.1, 0.15) is 12.0 Å². The summed E-state index contributed by atoms with van der Waals surface area (Å²) in [5.74, 6) is -1.02. The fraction of sp³-hybridized carbons (Fsp3) is 0.464. The summed E-state index contributed by atoms with van der Waals surface area (Å²) in [7, 11) is 0. The van der Waals surface area contributed by atoms with Crippen LogP contribution in [-0.2, 0) is 19.1 Å². The summed E-state index contributed by atoms with van der Waals surface area (Å²) in [4.78, 5) is 38.4. The van der Waals surface area contributed by atoms with Crippen molar-refractivity contribution in [3.8, 4) is 11.1 Å². The number of rotatable bonds is 5. The summed E-state index contributed by atoms with van der Waals surface area (Å²) >= 11 is 0. The standard InChI is InChI=1S/C28H30N2O6/c1-18(31)29-17-26-15-27(16-26,24(32)33)28(36-26)10-12-30(13-11-28)25(34)35-14-23-21-8-4-2-6-19(21)20-7-3-5-9-22(20)23/h2-9,23H,10-17H2,1H3,(H,29,31)(H,32,33). The number of carboxylic acids is 1. The lowest BCUT2D eigenvalue weighted by molar-refractivity contribution is -0.160. The van der Waals surface area contributed by atoms with Crippen molar-refractivity contribution < 1.29 is 29.0 Å². The molecular weight excluding hydrogens is 460 g/mol. The quantitative estimate of drug-likeness (QED) is 0.664. The van der Waals surface area contributed by atoms with Crippen molar-refractivity contribution in [2.24, 2.45) is 5.41 Å². The molecule has 3 saturated heterocycles. The molecule has 3 heterocycles. The number of piperidine rings is 1. The smallest absolute Gasteiger partial charge is 0.409 e. The Balaban J connectivity index is 1.11. The van der Waals surface area contributed by atoms with Crippen LogP contribution in [0.4, 0.5) is 4.79 Å². The van der Waals surface area contributed by atoms with Crippen LogP contribution >= 0.6 is 0 Å². The maximum atomic E-state index is 13.0. The average molecular weight is 491 g/mol. The fourth-order valence-corrected chi connectivity index (χ4v) is 7.06. The Bertz CT molecular complexity index is 1200. The number of likely N-dealkylation sites (tertiary alicyclic amines) is 1. The Labute approximate surface area is 209 Å². The van der Waals surface area contributed by atoms with Gasteiger partial charge < -0.3 is 24.8 Å². The summed E-state index contributed by atoms with van der Waals surface area (Å²) in [5, 5.41) is 12.9. The maximum absolute atomic E-state index is 13.0. The molecule has 2 N–H and O–H groups in total. The van der Waals surface area contributed by atoms with Crippen molar-refractivity contribution in [3.05, 3.63) is 59.7 Å². The van der Waals surface area contributed by atoms with Crippen molar-refractivity contribution in [1.29, 1.82) is 0 Å². The number of fused-ring (bicyclic) bond motifs is 3. The van der Waals surface area contributed by atoms with E-state index in [2.05, 4.69) is 29.6 Å². The van der Waals surface area contributed by atoms with E-state index >= 15 is 0 Å². The number of nitrogens with zero attached hydrogens (tertiary/aromatic N) is 1. The Hall–Kier alpha value is -3.39. The van der Waals surface area contributed by atoms with Gasteiger partial charge in [-0.15, -0.1) is 0 Å². The fourth-order valence-electron chi connectivity index (χ4n) is 7.06. The number of nitrogens with one attached hydrogen (secondary N) is 1. The molecule has 7 rings (SSSR count). The van der Waals surface area contributed by atoms with Gasteiger partial charge in [-0.2, -0.15) is 0 Å². The summed E-state index contributed by atoms with van der Waals surface area (Å²) in [6.45, 7) is 2.76. The topological polar surface area (TPSA) is 105 Å². The average Bonchev–Trinajstić information content (AvgIpc) is 3.42. The van der Waals surface area contributed by atoms with E-state index in [1.54, 1.807) is 4.90 Å². The first-order chi connectivity index (χ1) is 17.3. The largest absolute Gasteiger partial charge is 0.481 e. The van der Waals surface area contributed by atoms with Crippen LogP contribution in [0.2, 0.25) is 0 Å². The Morgan fingerprint density at radius 1 is 1.03 bits per heavy atom. The molecule has 0 unspecified atom stereocenters. The van der Waals surface area contributed by atoms with Gasteiger partial charge in [-0.25, -0.2) is 4.79 Å². The number of hydrogen-bond acceptors (Lipinski definition) is 5. The highest BCUT2D eigenvalue weighted by Gasteiger charge is 2.78. The van der Waals surface area contributed by atoms with E-state index in [4.69, 9.17) is 9.47 Å². The van der Waals surface area contributed by atoms with E-state index in [9.17, 15) is 19.5 Å². The van der Waals surface area contributed by atoms with Crippen LogP contribution < -0.4 is 5.32 Å². The van der Waals surface area contributed by atoms with E-state index in [0.29, 0.717) is 45.3 Å². The van der Waals surface area contributed by atoms with E-state index < -0.39 is 22.6 Å². The number of aliphatic carboxylic acids is 1. The normalized spacial score (nSPS) is 27.2. The van der Waals surface area contributed by atoms with Gasteiger partial charge >= 0.3 is 12.1 Å². The van der Waals surface area contributed by atoms with Crippen molar-refractivity contribution in [3.63, 3.8) is 0 Å². The minimum Gasteiger partial charge on any atom is -0.481 e. The van der Waals surface area contributed by atoms with Gasteiger partial charge in [0.25, 0.3) is 0 Å². The predicted molar refractivity (Wildman–Crippen MR) is 130 cm³/mol. The number of hydrogen-bond donors (Lipinski definition) is 2. The van der Waals surface area contributed by atoms with E-state index in [-0.39, 0.29) is 24.5 Å². The number of carboxylic acid groups (broad SMARTS) is 1. The van der Waals surface area contributed by atoms with Crippen molar-refractivity contribution in [2.75, 3.05) is 26.2 Å². The van der Waals surface area contributed by atoms with Crippen LogP contribution in [0.1, 0.15) is 49.7 Å².